The minimum Gasteiger partial charge on any atom is -0.497 e. The van der Waals surface area contributed by atoms with Gasteiger partial charge in [0.2, 0.25) is 0 Å². The third-order valence-corrected chi connectivity index (χ3v) is 5.16. The Hall–Kier alpha value is -3.21. The molecule has 1 aliphatic rings. The Morgan fingerprint density at radius 2 is 1.90 bits per heavy atom. The third kappa shape index (κ3) is 5.66. The summed E-state index contributed by atoms with van der Waals surface area (Å²) in [6.45, 7) is 3.21. The van der Waals surface area contributed by atoms with Crippen molar-refractivity contribution in [2.75, 3.05) is 40.0 Å². The lowest BCUT2D eigenvalue weighted by Crippen LogP contribution is -3.15. The lowest BCUT2D eigenvalue weighted by atomic mass is 10.0. The molecule has 156 valence electrons. The molecule has 7 heteroatoms. The second-order valence-corrected chi connectivity index (χ2v) is 7.03. The van der Waals surface area contributed by atoms with E-state index in [2.05, 4.69) is 5.32 Å². The number of carbonyl (C=O) groups is 1. The maximum atomic E-state index is 13.4. The van der Waals surface area contributed by atoms with Crippen LogP contribution in [0, 0.1) is 17.1 Å². The van der Waals surface area contributed by atoms with Gasteiger partial charge in [-0.15, -0.1) is 0 Å². The fraction of sp³-hybridized carbons (Fsp3) is 0.304. The number of methoxy groups -OCH3 is 1. The Balaban J connectivity index is 1.72. The molecule has 1 heterocycles. The number of morpholine rings is 1. The van der Waals surface area contributed by atoms with Crippen LogP contribution >= 0.6 is 0 Å². The van der Waals surface area contributed by atoms with E-state index in [4.69, 9.17) is 9.47 Å². The molecule has 1 saturated heterocycles. The highest BCUT2D eigenvalue weighted by Gasteiger charge is 2.27. The smallest absolute Gasteiger partial charge is 0.262 e. The Kier molecular flexibility index (Phi) is 7.55. The van der Waals surface area contributed by atoms with Crippen LogP contribution in [0.15, 0.2) is 54.1 Å². The molecule has 0 aromatic heterocycles. The Morgan fingerprint density at radius 3 is 2.50 bits per heavy atom. The molecule has 0 bridgehead atoms. The first-order valence-corrected chi connectivity index (χ1v) is 9.82. The summed E-state index contributed by atoms with van der Waals surface area (Å²) < 4.78 is 23.9. The summed E-state index contributed by atoms with van der Waals surface area (Å²) in [7, 11) is 1.58. The van der Waals surface area contributed by atoms with Gasteiger partial charge in [0.1, 0.15) is 42.3 Å². The molecule has 2 N–H and O–H groups in total. The van der Waals surface area contributed by atoms with E-state index >= 15 is 0 Å². The number of quaternary nitrogens is 1. The molecule has 1 atom stereocenters. The number of nitrogens with one attached hydrogen (secondary N) is 2. The van der Waals surface area contributed by atoms with Crippen LogP contribution in [0.25, 0.3) is 6.08 Å². The number of nitriles is 1. The number of benzene rings is 2. The largest absolute Gasteiger partial charge is 0.497 e. The molecule has 0 aliphatic carbocycles. The van der Waals surface area contributed by atoms with Crippen LogP contribution in [0.3, 0.4) is 0 Å². The molecule has 2 aromatic rings. The molecule has 0 radical (unpaired) electrons. The summed E-state index contributed by atoms with van der Waals surface area (Å²) in [5.74, 6) is -0.0356. The number of halogens is 1. The molecular formula is C23H25FN3O3+. The average Bonchev–Trinajstić information content (AvgIpc) is 2.79. The van der Waals surface area contributed by atoms with Crippen molar-refractivity contribution < 1.29 is 23.6 Å². The van der Waals surface area contributed by atoms with Gasteiger partial charge >= 0.3 is 0 Å². The maximum Gasteiger partial charge on any atom is 0.262 e. The van der Waals surface area contributed by atoms with E-state index in [-0.39, 0.29) is 17.4 Å². The van der Waals surface area contributed by atoms with Gasteiger partial charge in [-0.2, -0.15) is 5.26 Å². The predicted octanol–water partition coefficient (Wildman–Crippen LogP) is 1.51. The van der Waals surface area contributed by atoms with Crippen molar-refractivity contribution >= 4 is 12.0 Å². The van der Waals surface area contributed by atoms with Gasteiger partial charge in [-0.1, -0.05) is 24.3 Å². The molecule has 3 rings (SSSR count). The standard InChI is InChI=1S/C23H24FN3O3/c1-29-21-8-2-17(3-9-21)14-19(15-25)23(28)26-16-22(27-10-12-30-13-11-27)18-4-6-20(24)7-5-18/h2-9,14,22H,10-13,16H2,1H3,(H,26,28)/p+1/b19-14-/t22-/m0/s1. The van der Waals surface area contributed by atoms with Crippen molar-refractivity contribution in [3.05, 3.63) is 71.0 Å². The number of hydrogen-bond acceptors (Lipinski definition) is 4. The van der Waals surface area contributed by atoms with Crippen LogP contribution in [0.2, 0.25) is 0 Å². The third-order valence-electron chi connectivity index (χ3n) is 5.16. The van der Waals surface area contributed by atoms with Gasteiger partial charge in [0.05, 0.1) is 26.9 Å². The lowest BCUT2D eigenvalue weighted by Gasteiger charge is -2.32. The van der Waals surface area contributed by atoms with E-state index in [0.29, 0.717) is 25.5 Å². The number of carbonyl (C=O) groups excluding carboxylic acids is 1. The van der Waals surface area contributed by atoms with E-state index in [1.807, 2.05) is 6.07 Å². The van der Waals surface area contributed by atoms with Crippen molar-refractivity contribution in [2.45, 2.75) is 6.04 Å². The summed E-state index contributed by atoms with van der Waals surface area (Å²) in [5, 5.41) is 12.3. The van der Waals surface area contributed by atoms with Crippen LogP contribution in [-0.4, -0.2) is 45.9 Å². The van der Waals surface area contributed by atoms with E-state index < -0.39 is 5.91 Å². The molecule has 0 saturated carbocycles. The summed E-state index contributed by atoms with van der Waals surface area (Å²) in [5.41, 5.74) is 1.69. The highest BCUT2D eigenvalue weighted by Crippen LogP contribution is 2.15. The van der Waals surface area contributed by atoms with Crippen LogP contribution < -0.4 is 15.0 Å². The van der Waals surface area contributed by atoms with Crippen molar-refractivity contribution in [1.29, 1.82) is 5.26 Å². The second kappa shape index (κ2) is 10.5. The highest BCUT2D eigenvalue weighted by molar-refractivity contribution is 6.01. The Morgan fingerprint density at radius 1 is 1.23 bits per heavy atom. The molecule has 1 fully saturated rings. The minimum atomic E-state index is -0.437. The van der Waals surface area contributed by atoms with Crippen molar-refractivity contribution in [1.82, 2.24) is 5.32 Å². The summed E-state index contributed by atoms with van der Waals surface area (Å²) >= 11 is 0. The molecule has 6 nitrogen and oxygen atoms in total. The van der Waals surface area contributed by atoms with Crippen molar-refractivity contribution in [3.63, 3.8) is 0 Å². The Bertz CT molecular complexity index is 914. The quantitative estimate of drug-likeness (QED) is 0.536. The van der Waals surface area contributed by atoms with Gasteiger partial charge in [-0.3, -0.25) is 4.79 Å². The van der Waals surface area contributed by atoms with Gasteiger partial charge in [0.25, 0.3) is 5.91 Å². The van der Waals surface area contributed by atoms with Gasteiger partial charge in [0, 0.05) is 5.56 Å². The first-order chi connectivity index (χ1) is 14.6. The van der Waals surface area contributed by atoms with Crippen LogP contribution in [0.5, 0.6) is 5.75 Å². The van der Waals surface area contributed by atoms with E-state index in [0.717, 1.165) is 24.2 Å². The summed E-state index contributed by atoms with van der Waals surface area (Å²) in [4.78, 5) is 13.9. The van der Waals surface area contributed by atoms with E-state index in [9.17, 15) is 14.4 Å². The van der Waals surface area contributed by atoms with E-state index in [1.54, 1.807) is 49.6 Å². The zero-order chi connectivity index (χ0) is 21.3. The summed E-state index contributed by atoms with van der Waals surface area (Å²) in [6.07, 6.45) is 1.54. The van der Waals surface area contributed by atoms with Crippen molar-refractivity contribution in [2.24, 2.45) is 0 Å². The predicted molar refractivity (Wildman–Crippen MR) is 110 cm³/mol. The van der Waals surface area contributed by atoms with Gasteiger partial charge in [-0.25, -0.2) is 4.39 Å². The minimum absolute atomic E-state index is 0.0231. The number of ether oxygens (including phenoxy) is 2. The SMILES string of the molecule is COc1ccc(/C=C(/C#N)C(=O)NC[C@@H](c2ccc(F)cc2)[NH+]2CCOCC2)cc1. The first-order valence-electron chi connectivity index (χ1n) is 9.82. The van der Waals surface area contributed by atoms with Crippen LogP contribution in [0.4, 0.5) is 4.39 Å². The van der Waals surface area contributed by atoms with Crippen molar-refractivity contribution in [3.8, 4) is 11.8 Å². The normalized spacial score (nSPS) is 15.8. The molecule has 1 amide bonds. The van der Waals surface area contributed by atoms with E-state index in [1.165, 1.54) is 17.0 Å². The maximum absolute atomic E-state index is 13.4. The topological polar surface area (TPSA) is 75.8 Å². The Labute approximate surface area is 175 Å². The highest BCUT2D eigenvalue weighted by atomic mass is 19.1. The molecule has 0 spiro atoms. The molecule has 30 heavy (non-hydrogen) atoms. The molecule has 2 aromatic carbocycles. The number of amides is 1. The zero-order valence-corrected chi connectivity index (χ0v) is 16.9. The van der Waals surface area contributed by atoms with Gasteiger partial charge in [-0.05, 0) is 35.9 Å². The molecule has 1 aliphatic heterocycles. The van der Waals surface area contributed by atoms with Crippen LogP contribution in [-0.2, 0) is 9.53 Å². The van der Waals surface area contributed by atoms with Gasteiger partial charge < -0.3 is 19.7 Å². The summed E-state index contributed by atoms with van der Waals surface area (Å²) in [6, 6.07) is 15.3. The second-order valence-electron chi connectivity index (χ2n) is 7.03. The number of nitrogens with zero attached hydrogens (tertiary/aromatic N) is 1. The monoisotopic (exact) mass is 410 g/mol. The fourth-order valence-corrected chi connectivity index (χ4v) is 3.48. The zero-order valence-electron chi connectivity index (χ0n) is 16.9. The van der Waals surface area contributed by atoms with Gasteiger partial charge in [0.15, 0.2) is 0 Å². The molecular weight excluding hydrogens is 385 g/mol. The molecule has 0 unspecified atom stereocenters. The average molecular weight is 410 g/mol. The first kappa shape index (κ1) is 21.5. The van der Waals surface area contributed by atoms with Crippen LogP contribution in [0.1, 0.15) is 17.2 Å². The lowest BCUT2D eigenvalue weighted by molar-refractivity contribution is -0.937. The number of hydrogen-bond donors (Lipinski definition) is 2. The number of rotatable bonds is 7. The fourth-order valence-electron chi connectivity index (χ4n) is 3.48.